The van der Waals surface area contributed by atoms with Crippen molar-refractivity contribution in [1.82, 2.24) is 0 Å². The van der Waals surface area contributed by atoms with Crippen molar-refractivity contribution < 1.29 is 0 Å². The van der Waals surface area contributed by atoms with Gasteiger partial charge < -0.3 is 0 Å². The second-order valence-corrected chi connectivity index (χ2v) is 4.47. The van der Waals surface area contributed by atoms with Crippen molar-refractivity contribution in [2.75, 3.05) is 0 Å². The highest BCUT2D eigenvalue weighted by Crippen LogP contribution is 2.56. The Labute approximate surface area is 57.6 Å². The fourth-order valence-corrected chi connectivity index (χ4v) is 2.69. The van der Waals surface area contributed by atoms with E-state index in [4.69, 9.17) is 0 Å². The number of hydrogen-bond donors (Lipinski definition) is 0. The highest BCUT2D eigenvalue weighted by molar-refractivity contribution is 4.96. The third-order valence-electron chi connectivity index (χ3n) is 3.58. The van der Waals surface area contributed by atoms with Crippen LogP contribution in [0, 0.1) is 17.3 Å². The minimum Gasteiger partial charge on any atom is -0.0596 e. The Bertz CT molecular complexity index is 124. The van der Waals surface area contributed by atoms with E-state index in [0.29, 0.717) is 5.41 Å². The fraction of sp³-hybridized carbons (Fsp3) is 1.00. The smallest absolute Gasteiger partial charge is 0.0323 e. The average Bonchev–Trinajstić information content (AvgIpc) is 1.74. The molecule has 0 heteroatoms. The number of hydrogen-bond acceptors (Lipinski definition) is 0. The molecule has 0 radical (unpaired) electrons. The van der Waals surface area contributed by atoms with Gasteiger partial charge in [0.15, 0.2) is 0 Å². The van der Waals surface area contributed by atoms with E-state index in [0.717, 1.165) is 11.8 Å². The summed E-state index contributed by atoms with van der Waals surface area (Å²) in [6, 6.07) is 0. The molecule has 0 aromatic carbocycles. The summed E-state index contributed by atoms with van der Waals surface area (Å²) in [6.07, 6.45) is 6.08. The SMILES string of the molecule is CC1(C)CCC2CCC21. The molecule has 2 aliphatic carbocycles. The normalized spacial score (nSPS) is 46.0. The van der Waals surface area contributed by atoms with Gasteiger partial charge in [0.2, 0.25) is 0 Å². The molecule has 2 rings (SSSR count). The van der Waals surface area contributed by atoms with Gasteiger partial charge in [0.1, 0.15) is 0 Å². The van der Waals surface area contributed by atoms with E-state index in [1.807, 2.05) is 0 Å². The van der Waals surface area contributed by atoms with Gasteiger partial charge in [-0.1, -0.05) is 13.8 Å². The van der Waals surface area contributed by atoms with Crippen molar-refractivity contribution in [2.24, 2.45) is 17.3 Å². The zero-order chi connectivity index (χ0) is 6.48. The van der Waals surface area contributed by atoms with Crippen LogP contribution >= 0.6 is 0 Å². The van der Waals surface area contributed by atoms with Gasteiger partial charge in [-0.05, 0) is 42.9 Å². The van der Waals surface area contributed by atoms with Gasteiger partial charge in [0.05, 0.1) is 0 Å². The highest BCUT2D eigenvalue weighted by Gasteiger charge is 2.46. The van der Waals surface area contributed by atoms with Crippen LogP contribution in [0.1, 0.15) is 39.5 Å². The predicted molar refractivity (Wildman–Crippen MR) is 39.2 cm³/mol. The van der Waals surface area contributed by atoms with E-state index in [-0.39, 0.29) is 0 Å². The van der Waals surface area contributed by atoms with Crippen molar-refractivity contribution in [1.29, 1.82) is 0 Å². The minimum atomic E-state index is 0.711. The summed E-state index contributed by atoms with van der Waals surface area (Å²) < 4.78 is 0. The lowest BCUT2D eigenvalue weighted by Crippen LogP contribution is -2.29. The van der Waals surface area contributed by atoms with Gasteiger partial charge in [0.25, 0.3) is 0 Å². The molecular weight excluding hydrogens is 108 g/mol. The zero-order valence-electron chi connectivity index (χ0n) is 6.48. The Balaban J connectivity index is 2.14. The van der Waals surface area contributed by atoms with Crippen molar-refractivity contribution >= 4 is 0 Å². The summed E-state index contributed by atoms with van der Waals surface area (Å²) in [5.41, 5.74) is 0.711. The number of rotatable bonds is 0. The molecule has 0 heterocycles. The Morgan fingerprint density at radius 2 is 1.89 bits per heavy atom. The topological polar surface area (TPSA) is 0 Å². The molecule has 0 amide bonds. The van der Waals surface area contributed by atoms with Gasteiger partial charge in [-0.3, -0.25) is 0 Å². The number of fused-ring (bicyclic) bond motifs is 1. The molecule has 0 N–H and O–H groups in total. The van der Waals surface area contributed by atoms with Gasteiger partial charge in [-0.2, -0.15) is 0 Å². The van der Waals surface area contributed by atoms with Crippen molar-refractivity contribution in [3.63, 3.8) is 0 Å². The monoisotopic (exact) mass is 124 g/mol. The van der Waals surface area contributed by atoms with Crippen molar-refractivity contribution in [3.8, 4) is 0 Å². The summed E-state index contributed by atoms with van der Waals surface area (Å²) in [5, 5.41) is 0. The molecule has 2 fully saturated rings. The molecule has 0 aromatic heterocycles. The first-order valence-corrected chi connectivity index (χ1v) is 4.20. The maximum Gasteiger partial charge on any atom is -0.0323 e. The molecule has 0 saturated heterocycles. The second-order valence-electron chi connectivity index (χ2n) is 4.47. The molecule has 0 aliphatic heterocycles. The zero-order valence-corrected chi connectivity index (χ0v) is 6.48. The molecule has 2 atom stereocenters. The lowest BCUT2D eigenvalue weighted by Gasteiger charge is -2.38. The van der Waals surface area contributed by atoms with Crippen LogP contribution in [0.5, 0.6) is 0 Å². The standard InChI is InChI=1S/C9H16/c1-9(2)6-5-7-3-4-8(7)9/h7-8H,3-6H2,1-2H3. The summed E-state index contributed by atoms with van der Waals surface area (Å²) >= 11 is 0. The van der Waals surface area contributed by atoms with Crippen molar-refractivity contribution in [3.05, 3.63) is 0 Å². The average molecular weight is 124 g/mol. The van der Waals surface area contributed by atoms with Crippen LogP contribution in [0.25, 0.3) is 0 Å². The highest BCUT2D eigenvalue weighted by atomic mass is 14.5. The minimum absolute atomic E-state index is 0.711. The Morgan fingerprint density at radius 1 is 1.11 bits per heavy atom. The predicted octanol–water partition coefficient (Wildman–Crippen LogP) is 2.83. The lowest BCUT2D eigenvalue weighted by atomic mass is 9.67. The van der Waals surface area contributed by atoms with Gasteiger partial charge in [-0.25, -0.2) is 0 Å². The maximum absolute atomic E-state index is 2.44. The molecule has 0 aromatic rings. The molecule has 2 saturated carbocycles. The second kappa shape index (κ2) is 1.53. The molecular formula is C9H16. The fourth-order valence-electron chi connectivity index (χ4n) is 2.69. The van der Waals surface area contributed by atoms with E-state index < -0.39 is 0 Å². The van der Waals surface area contributed by atoms with E-state index in [2.05, 4.69) is 13.8 Å². The summed E-state index contributed by atoms with van der Waals surface area (Å²) in [5.74, 6) is 2.25. The van der Waals surface area contributed by atoms with E-state index in [1.165, 1.54) is 25.7 Å². The Kier molecular flexibility index (Phi) is 0.980. The first-order chi connectivity index (χ1) is 4.20. The first-order valence-electron chi connectivity index (χ1n) is 4.20. The Hall–Kier alpha value is 0. The van der Waals surface area contributed by atoms with E-state index >= 15 is 0 Å². The van der Waals surface area contributed by atoms with Crippen LogP contribution < -0.4 is 0 Å². The summed E-state index contributed by atoms with van der Waals surface area (Å²) in [4.78, 5) is 0. The summed E-state index contributed by atoms with van der Waals surface area (Å²) in [6.45, 7) is 4.88. The van der Waals surface area contributed by atoms with Crippen LogP contribution in [0.3, 0.4) is 0 Å². The molecule has 0 bridgehead atoms. The molecule has 0 nitrogen and oxygen atoms in total. The maximum atomic E-state index is 2.44. The van der Waals surface area contributed by atoms with Crippen LogP contribution in [-0.4, -0.2) is 0 Å². The molecule has 2 unspecified atom stereocenters. The molecule has 2 aliphatic rings. The van der Waals surface area contributed by atoms with Crippen LogP contribution in [0.2, 0.25) is 0 Å². The first kappa shape index (κ1) is 5.76. The molecule has 9 heavy (non-hydrogen) atoms. The van der Waals surface area contributed by atoms with Gasteiger partial charge in [-0.15, -0.1) is 0 Å². The lowest BCUT2D eigenvalue weighted by molar-refractivity contribution is 0.115. The molecule has 52 valence electrons. The molecule has 0 spiro atoms. The third-order valence-corrected chi connectivity index (χ3v) is 3.58. The summed E-state index contributed by atoms with van der Waals surface area (Å²) in [7, 11) is 0. The van der Waals surface area contributed by atoms with Gasteiger partial charge in [0, 0.05) is 0 Å². The van der Waals surface area contributed by atoms with Gasteiger partial charge >= 0.3 is 0 Å². The van der Waals surface area contributed by atoms with Crippen LogP contribution in [-0.2, 0) is 0 Å². The Morgan fingerprint density at radius 3 is 2.11 bits per heavy atom. The van der Waals surface area contributed by atoms with E-state index in [9.17, 15) is 0 Å². The van der Waals surface area contributed by atoms with Crippen molar-refractivity contribution in [2.45, 2.75) is 39.5 Å². The van der Waals surface area contributed by atoms with Crippen LogP contribution in [0.15, 0.2) is 0 Å². The quantitative estimate of drug-likeness (QED) is 0.466. The third kappa shape index (κ3) is 0.653. The van der Waals surface area contributed by atoms with Crippen LogP contribution in [0.4, 0.5) is 0 Å². The van der Waals surface area contributed by atoms with E-state index in [1.54, 1.807) is 0 Å². The largest absolute Gasteiger partial charge is 0.0596 e.